The molecule has 0 N–H and O–H groups in total. The van der Waals surface area contributed by atoms with E-state index in [1.165, 1.54) is 19.4 Å². The summed E-state index contributed by atoms with van der Waals surface area (Å²) in [4.78, 5) is 23.6. The monoisotopic (exact) mass is 262 g/mol. The zero-order chi connectivity index (χ0) is 14.1. The lowest BCUT2D eigenvalue weighted by atomic mass is 9.84. The minimum atomic E-state index is -0.879. The van der Waals surface area contributed by atoms with Crippen LogP contribution in [0.4, 0.5) is 0 Å². The molecule has 1 aromatic carbocycles. The largest absolute Gasteiger partial charge is 0.299 e. The van der Waals surface area contributed by atoms with Gasteiger partial charge < -0.3 is 0 Å². The Balaban J connectivity index is 3.26. The molecular formula is C15H22O2Si. The van der Waals surface area contributed by atoms with E-state index in [2.05, 4.69) is 20.8 Å². The Morgan fingerprint density at radius 1 is 0.889 bits per heavy atom. The first-order chi connectivity index (χ1) is 8.10. The number of Topliss-reactive ketones (excluding diaryl/α,β-unsaturated/α-hetero) is 2. The first-order valence-electron chi connectivity index (χ1n) is 6.23. The Bertz CT molecular complexity index is 452. The molecule has 0 amide bonds. The summed E-state index contributed by atoms with van der Waals surface area (Å²) in [6.07, 6.45) is 0. The van der Waals surface area contributed by atoms with Crippen molar-refractivity contribution in [3.8, 4) is 0 Å². The summed E-state index contributed by atoms with van der Waals surface area (Å²) in [6.45, 7) is 9.45. The standard InChI is InChI=1S/C15H22O2Si/c1-10(16)15(18,11(2)17)13-8-6-12(7-9-13)14(3,4)5/h6-9H,1-5,18H3. The van der Waals surface area contributed by atoms with Crippen LogP contribution in [0.3, 0.4) is 0 Å². The zero-order valence-corrected chi connectivity index (χ0v) is 14.1. The molecule has 0 saturated carbocycles. The van der Waals surface area contributed by atoms with E-state index >= 15 is 0 Å². The predicted octanol–water partition coefficient (Wildman–Crippen LogP) is 1.72. The van der Waals surface area contributed by atoms with E-state index in [1.807, 2.05) is 24.3 Å². The van der Waals surface area contributed by atoms with Gasteiger partial charge in [0, 0.05) is 10.2 Å². The van der Waals surface area contributed by atoms with Crippen LogP contribution in [0, 0.1) is 0 Å². The maximum absolute atomic E-state index is 11.8. The molecule has 0 aliphatic heterocycles. The highest BCUT2D eigenvalue weighted by Gasteiger charge is 2.36. The summed E-state index contributed by atoms with van der Waals surface area (Å²) in [5.41, 5.74) is 2.13. The molecule has 0 saturated heterocycles. The van der Waals surface area contributed by atoms with Gasteiger partial charge in [0.15, 0.2) is 0 Å². The minimum Gasteiger partial charge on any atom is -0.299 e. The molecule has 0 bridgehead atoms. The van der Waals surface area contributed by atoms with Gasteiger partial charge in [-0.15, -0.1) is 0 Å². The molecule has 0 aromatic heterocycles. The fourth-order valence-corrected chi connectivity index (χ4v) is 2.29. The van der Waals surface area contributed by atoms with Crippen molar-refractivity contribution < 1.29 is 9.59 Å². The van der Waals surface area contributed by atoms with Crippen molar-refractivity contribution in [1.82, 2.24) is 0 Å². The Kier molecular flexibility index (Phi) is 3.96. The number of rotatable bonds is 3. The number of ketones is 2. The SMILES string of the molecule is CC(=O)C([SiH3])(C(C)=O)c1ccc(C(C)(C)C)cc1. The van der Waals surface area contributed by atoms with Gasteiger partial charge in [0.25, 0.3) is 0 Å². The van der Waals surface area contributed by atoms with Gasteiger partial charge in [0.05, 0.1) is 5.04 Å². The van der Waals surface area contributed by atoms with Crippen LogP contribution in [0.25, 0.3) is 0 Å². The van der Waals surface area contributed by atoms with Crippen LogP contribution in [0.1, 0.15) is 45.7 Å². The van der Waals surface area contributed by atoms with Gasteiger partial charge in [-0.1, -0.05) is 45.0 Å². The van der Waals surface area contributed by atoms with Crippen molar-refractivity contribution in [2.75, 3.05) is 0 Å². The molecule has 18 heavy (non-hydrogen) atoms. The van der Waals surface area contributed by atoms with E-state index in [0.717, 1.165) is 5.56 Å². The summed E-state index contributed by atoms with van der Waals surface area (Å²) < 4.78 is 0. The highest BCUT2D eigenvalue weighted by Crippen LogP contribution is 2.27. The van der Waals surface area contributed by atoms with Gasteiger partial charge in [0.1, 0.15) is 11.6 Å². The van der Waals surface area contributed by atoms with Crippen LogP contribution < -0.4 is 0 Å². The molecular weight excluding hydrogens is 240 g/mol. The predicted molar refractivity (Wildman–Crippen MR) is 78.1 cm³/mol. The molecule has 1 rings (SSSR count). The third-order valence-corrected chi connectivity index (χ3v) is 5.72. The number of hydrogen-bond donors (Lipinski definition) is 0. The smallest absolute Gasteiger partial charge is 0.143 e. The minimum absolute atomic E-state index is 0.0508. The maximum atomic E-state index is 11.8. The zero-order valence-electron chi connectivity index (χ0n) is 12.1. The summed E-state index contributed by atoms with van der Waals surface area (Å²) in [5, 5.41) is -0.879. The lowest BCUT2D eigenvalue weighted by Gasteiger charge is -2.26. The Hall–Kier alpha value is -1.22. The topological polar surface area (TPSA) is 34.1 Å². The van der Waals surface area contributed by atoms with E-state index in [0.29, 0.717) is 10.2 Å². The third kappa shape index (κ3) is 2.61. The maximum Gasteiger partial charge on any atom is 0.143 e. The van der Waals surface area contributed by atoms with Gasteiger partial charge in [-0.05, 0) is 30.4 Å². The average molecular weight is 262 g/mol. The molecule has 1 aromatic rings. The van der Waals surface area contributed by atoms with E-state index in [9.17, 15) is 9.59 Å². The lowest BCUT2D eigenvalue weighted by molar-refractivity contribution is -0.128. The Morgan fingerprint density at radius 2 is 1.22 bits per heavy atom. The Labute approximate surface area is 112 Å². The van der Waals surface area contributed by atoms with Crippen molar-refractivity contribution >= 4 is 21.8 Å². The van der Waals surface area contributed by atoms with Gasteiger partial charge in [-0.2, -0.15) is 0 Å². The molecule has 3 heteroatoms. The molecule has 0 aliphatic rings. The van der Waals surface area contributed by atoms with Crippen molar-refractivity contribution in [3.63, 3.8) is 0 Å². The summed E-state index contributed by atoms with van der Waals surface area (Å²) >= 11 is 0. The van der Waals surface area contributed by atoms with Crippen LogP contribution in [0.5, 0.6) is 0 Å². The number of hydrogen-bond acceptors (Lipinski definition) is 2. The van der Waals surface area contributed by atoms with Crippen LogP contribution in [-0.2, 0) is 20.0 Å². The van der Waals surface area contributed by atoms with Gasteiger partial charge in [0.2, 0.25) is 0 Å². The molecule has 98 valence electrons. The highest BCUT2D eigenvalue weighted by molar-refractivity contribution is 6.41. The Morgan fingerprint density at radius 3 is 1.50 bits per heavy atom. The average Bonchev–Trinajstić information content (AvgIpc) is 2.26. The molecule has 2 nitrogen and oxygen atoms in total. The second-order valence-electron chi connectivity index (χ2n) is 6.06. The molecule has 0 heterocycles. The van der Waals surface area contributed by atoms with E-state index in [-0.39, 0.29) is 17.0 Å². The van der Waals surface area contributed by atoms with E-state index < -0.39 is 5.04 Å². The fourth-order valence-electron chi connectivity index (χ4n) is 1.96. The first kappa shape index (κ1) is 14.8. The van der Waals surface area contributed by atoms with Gasteiger partial charge in [-0.3, -0.25) is 9.59 Å². The van der Waals surface area contributed by atoms with Crippen molar-refractivity contribution in [2.24, 2.45) is 0 Å². The molecule has 0 unspecified atom stereocenters. The fraction of sp³-hybridized carbons (Fsp3) is 0.467. The van der Waals surface area contributed by atoms with Crippen LogP contribution in [0.15, 0.2) is 24.3 Å². The van der Waals surface area contributed by atoms with Gasteiger partial charge in [-0.25, -0.2) is 0 Å². The quantitative estimate of drug-likeness (QED) is 0.614. The first-order valence-corrected chi connectivity index (χ1v) is 7.23. The van der Waals surface area contributed by atoms with Gasteiger partial charge >= 0.3 is 0 Å². The highest BCUT2D eigenvalue weighted by atomic mass is 28.1. The van der Waals surface area contributed by atoms with E-state index in [1.54, 1.807) is 0 Å². The number of carbonyl (C=O) groups excluding carboxylic acids is 2. The molecule has 0 radical (unpaired) electrons. The second-order valence-corrected chi connectivity index (χ2v) is 7.56. The molecule has 0 atom stereocenters. The van der Waals surface area contributed by atoms with Crippen molar-refractivity contribution in [3.05, 3.63) is 35.4 Å². The molecule has 0 spiro atoms. The van der Waals surface area contributed by atoms with Crippen LogP contribution in [0.2, 0.25) is 0 Å². The number of carbonyl (C=O) groups is 2. The summed E-state index contributed by atoms with van der Waals surface area (Å²) in [6, 6.07) is 7.90. The number of benzene rings is 1. The van der Waals surface area contributed by atoms with Crippen molar-refractivity contribution in [2.45, 2.75) is 45.1 Å². The van der Waals surface area contributed by atoms with Crippen molar-refractivity contribution in [1.29, 1.82) is 0 Å². The third-order valence-electron chi connectivity index (χ3n) is 3.74. The second kappa shape index (κ2) is 4.80. The molecule has 0 aliphatic carbocycles. The van der Waals surface area contributed by atoms with Crippen LogP contribution >= 0.6 is 0 Å². The lowest BCUT2D eigenvalue weighted by Crippen LogP contribution is -2.41. The van der Waals surface area contributed by atoms with Crippen LogP contribution in [-0.4, -0.2) is 21.8 Å². The van der Waals surface area contributed by atoms with E-state index in [4.69, 9.17) is 0 Å². The molecule has 0 fully saturated rings. The summed E-state index contributed by atoms with van der Waals surface area (Å²) in [5.74, 6) is -0.102. The normalized spacial score (nSPS) is 12.5. The summed E-state index contributed by atoms with van der Waals surface area (Å²) in [7, 11) is 0.513.